The van der Waals surface area contributed by atoms with Gasteiger partial charge < -0.3 is 9.47 Å². The number of piperidine rings is 1. The van der Waals surface area contributed by atoms with Gasteiger partial charge in [-0.05, 0) is 37.0 Å². The minimum absolute atomic E-state index is 0.366. The highest BCUT2D eigenvalue weighted by Gasteiger charge is 2.27. The number of carbonyl (C=O) groups is 2. The monoisotopic (exact) mass is 487 g/mol. The molecule has 1 aliphatic rings. The van der Waals surface area contributed by atoms with Crippen LogP contribution in [0, 0.1) is 5.92 Å². The number of aryl methyl sites for hydroxylation is 1. The third-order valence-electron chi connectivity index (χ3n) is 4.69. The first-order chi connectivity index (χ1) is 13.1. The molecule has 3 rings (SSSR count). The van der Waals surface area contributed by atoms with Crippen molar-refractivity contribution in [2.24, 2.45) is 18.0 Å². The van der Waals surface area contributed by atoms with Gasteiger partial charge in [0, 0.05) is 24.6 Å². The molecular formula is C18H22BrN3O4S2. The number of hydrogen-bond acceptors (Lipinski definition) is 5. The van der Waals surface area contributed by atoms with Crippen LogP contribution in [0.25, 0.3) is 10.2 Å². The number of benzene rings is 1. The first kappa shape index (κ1) is 21.2. The van der Waals surface area contributed by atoms with E-state index in [-0.39, 0.29) is 0 Å². The summed E-state index contributed by atoms with van der Waals surface area (Å²) >= 11 is 4.71. The van der Waals surface area contributed by atoms with Crippen molar-refractivity contribution in [2.45, 2.75) is 19.8 Å². The molecule has 152 valence electrons. The van der Waals surface area contributed by atoms with Crippen molar-refractivity contribution >= 4 is 59.1 Å². The van der Waals surface area contributed by atoms with Crippen molar-refractivity contribution in [1.29, 1.82) is 0 Å². The molecule has 1 aliphatic heterocycles. The van der Waals surface area contributed by atoms with E-state index in [1.807, 2.05) is 25.1 Å². The largest absolute Gasteiger partial charge is 0.342 e. The van der Waals surface area contributed by atoms with Crippen molar-refractivity contribution < 1.29 is 18.0 Å². The Kier molecular flexibility index (Phi) is 6.41. The van der Waals surface area contributed by atoms with Gasteiger partial charge in [-0.25, -0.2) is 8.42 Å². The number of carbonyl (C=O) groups excluding carboxylic acids is 2. The SMILES string of the molecule is CC1CCCN(C(=O)CS(=O)(=O)CC(=O)N=c2sc3cc(Br)ccc3n2C)C1. The normalized spacial score (nSPS) is 18.6. The van der Waals surface area contributed by atoms with Gasteiger partial charge in [-0.15, -0.1) is 0 Å². The van der Waals surface area contributed by atoms with E-state index < -0.39 is 33.2 Å². The lowest BCUT2D eigenvalue weighted by molar-refractivity contribution is -0.130. The molecule has 1 saturated heterocycles. The summed E-state index contributed by atoms with van der Waals surface area (Å²) in [5, 5.41) is 0. The highest BCUT2D eigenvalue weighted by Crippen LogP contribution is 2.21. The van der Waals surface area contributed by atoms with Gasteiger partial charge >= 0.3 is 0 Å². The molecule has 1 unspecified atom stereocenters. The number of nitrogens with zero attached hydrogens (tertiary/aromatic N) is 3. The van der Waals surface area contributed by atoms with Crippen molar-refractivity contribution in [2.75, 3.05) is 24.6 Å². The smallest absolute Gasteiger partial charge is 0.263 e. The second kappa shape index (κ2) is 8.46. The average Bonchev–Trinajstić information content (AvgIpc) is 2.88. The maximum Gasteiger partial charge on any atom is 0.263 e. The molecule has 0 N–H and O–H groups in total. The van der Waals surface area contributed by atoms with Crippen molar-refractivity contribution in [3.05, 3.63) is 27.5 Å². The zero-order chi connectivity index (χ0) is 20.5. The first-order valence-corrected chi connectivity index (χ1v) is 12.4. The van der Waals surface area contributed by atoms with Crippen LogP contribution in [-0.4, -0.2) is 54.3 Å². The molecule has 2 aromatic rings. The topological polar surface area (TPSA) is 88.8 Å². The fourth-order valence-electron chi connectivity index (χ4n) is 3.29. The number of rotatable bonds is 4. The molecule has 0 radical (unpaired) electrons. The van der Waals surface area contributed by atoms with E-state index in [1.165, 1.54) is 11.3 Å². The lowest BCUT2D eigenvalue weighted by atomic mass is 10.0. The highest BCUT2D eigenvalue weighted by molar-refractivity contribution is 9.10. The van der Waals surface area contributed by atoms with Crippen LogP contribution >= 0.6 is 27.3 Å². The summed E-state index contributed by atoms with van der Waals surface area (Å²) in [4.78, 5) is 30.5. The summed E-state index contributed by atoms with van der Waals surface area (Å²) in [6.45, 7) is 3.18. The fourth-order valence-corrected chi connectivity index (χ4v) is 5.98. The molecule has 28 heavy (non-hydrogen) atoms. The number of amides is 2. The Morgan fingerprint density at radius 2 is 2.07 bits per heavy atom. The third-order valence-corrected chi connectivity index (χ3v) is 7.65. The summed E-state index contributed by atoms with van der Waals surface area (Å²) in [6.07, 6.45) is 1.91. The number of halogens is 1. The fraction of sp³-hybridized carbons (Fsp3) is 0.500. The van der Waals surface area contributed by atoms with E-state index in [0.717, 1.165) is 27.5 Å². The number of likely N-dealkylation sites (tertiary alicyclic amines) is 1. The van der Waals surface area contributed by atoms with E-state index in [2.05, 4.69) is 20.9 Å². The van der Waals surface area contributed by atoms with Crippen molar-refractivity contribution in [1.82, 2.24) is 9.47 Å². The Morgan fingerprint density at radius 1 is 1.32 bits per heavy atom. The van der Waals surface area contributed by atoms with E-state index >= 15 is 0 Å². The third kappa shape index (κ3) is 5.09. The van der Waals surface area contributed by atoms with E-state index in [1.54, 1.807) is 16.5 Å². The van der Waals surface area contributed by atoms with Crippen LogP contribution in [0.4, 0.5) is 0 Å². The second-order valence-electron chi connectivity index (χ2n) is 7.18. The molecule has 0 spiro atoms. The number of aromatic nitrogens is 1. The summed E-state index contributed by atoms with van der Waals surface area (Å²) in [7, 11) is -2.09. The van der Waals surface area contributed by atoms with Crippen LogP contribution in [-0.2, 0) is 26.5 Å². The second-order valence-corrected chi connectivity index (χ2v) is 11.2. The quantitative estimate of drug-likeness (QED) is 0.660. The predicted octanol–water partition coefficient (Wildman–Crippen LogP) is 2.10. The Labute approximate surface area is 176 Å². The van der Waals surface area contributed by atoms with Crippen molar-refractivity contribution in [3.63, 3.8) is 0 Å². The minimum atomic E-state index is -3.86. The number of sulfone groups is 1. The Morgan fingerprint density at radius 3 is 2.79 bits per heavy atom. The lowest BCUT2D eigenvalue weighted by Gasteiger charge is -2.30. The summed E-state index contributed by atoms with van der Waals surface area (Å²) in [5.41, 5.74) is 0.900. The minimum Gasteiger partial charge on any atom is -0.342 e. The van der Waals surface area contributed by atoms with Crippen LogP contribution in [0.1, 0.15) is 19.8 Å². The molecule has 7 nitrogen and oxygen atoms in total. The summed E-state index contributed by atoms with van der Waals surface area (Å²) in [6, 6.07) is 5.70. The maximum atomic E-state index is 12.3. The number of fused-ring (bicyclic) bond motifs is 1. The van der Waals surface area contributed by atoms with E-state index in [0.29, 0.717) is 23.8 Å². The number of hydrogen-bond donors (Lipinski definition) is 0. The van der Waals surface area contributed by atoms with Crippen LogP contribution in [0.3, 0.4) is 0 Å². The zero-order valence-electron chi connectivity index (χ0n) is 15.7. The molecular weight excluding hydrogens is 466 g/mol. The number of thiazole rings is 1. The first-order valence-electron chi connectivity index (χ1n) is 8.95. The summed E-state index contributed by atoms with van der Waals surface area (Å²) < 4.78 is 28.2. The molecule has 1 atom stereocenters. The van der Waals surface area contributed by atoms with Crippen LogP contribution < -0.4 is 4.80 Å². The molecule has 2 amide bonds. The van der Waals surface area contributed by atoms with Crippen LogP contribution in [0.15, 0.2) is 27.7 Å². The summed E-state index contributed by atoms with van der Waals surface area (Å²) in [5.74, 6) is -2.24. The molecule has 2 heterocycles. The Bertz CT molecular complexity index is 1090. The molecule has 0 bridgehead atoms. The molecule has 0 aliphatic carbocycles. The van der Waals surface area contributed by atoms with Crippen molar-refractivity contribution in [3.8, 4) is 0 Å². The van der Waals surface area contributed by atoms with Crippen LogP contribution in [0.2, 0.25) is 0 Å². The molecule has 0 saturated carbocycles. The van der Waals surface area contributed by atoms with Gasteiger partial charge in [-0.2, -0.15) is 4.99 Å². The van der Waals surface area contributed by atoms with E-state index in [9.17, 15) is 18.0 Å². The van der Waals surface area contributed by atoms with Gasteiger partial charge in [0.2, 0.25) is 5.91 Å². The highest BCUT2D eigenvalue weighted by atomic mass is 79.9. The van der Waals surface area contributed by atoms with Gasteiger partial charge in [0.15, 0.2) is 14.6 Å². The lowest BCUT2D eigenvalue weighted by Crippen LogP contribution is -2.42. The molecule has 10 heteroatoms. The van der Waals surface area contributed by atoms with Gasteiger partial charge in [0.05, 0.1) is 10.2 Å². The standard InChI is InChI=1S/C18H22BrN3O4S2/c1-12-4-3-7-22(9-12)17(24)11-28(25,26)10-16(23)20-18-21(2)14-6-5-13(19)8-15(14)27-18/h5-6,8,12H,3-4,7,9-11H2,1-2H3. The predicted molar refractivity (Wildman–Crippen MR) is 113 cm³/mol. The maximum absolute atomic E-state index is 12.3. The van der Waals surface area contributed by atoms with Gasteiger partial charge in [0.1, 0.15) is 11.5 Å². The van der Waals surface area contributed by atoms with Gasteiger partial charge in [-0.1, -0.05) is 34.2 Å². The Hall–Kier alpha value is -1.52. The van der Waals surface area contributed by atoms with Crippen LogP contribution in [0.5, 0.6) is 0 Å². The molecule has 1 fully saturated rings. The molecule has 1 aromatic carbocycles. The van der Waals surface area contributed by atoms with Gasteiger partial charge in [0.25, 0.3) is 5.91 Å². The van der Waals surface area contributed by atoms with Gasteiger partial charge in [-0.3, -0.25) is 9.59 Å². The Balaban J connectivity index is 1.72. The molecule has 1 aromatic heterocycles. The zero-order valence-corrected chi connectivity index (χ0v) is 18.9. The average molecular weight is 488 g/mol. The van der Waals surface area contributed by atoms with E-state index in [4.69, 9.17) is 0 Å².